The first-order valence-electron chi connectivity index (χ1n) is 7.36. The van der Waals surface area contributed by atoms with Crippen LogP contribution in [-0.4, -0.2) is 19.0 Å². The van der Waals surface area contributed by atoms with Crippen LogP contribution in [0.5, 0.6) is 0 Å². The van der Waals surface area contributed by atoms with Crippen LogP contribution in [0.25, 0.3) is 0 Å². The van der Waals surface area contributed by atoms with Crippen LogP contribution in [-0.2, 0) is 9.53 Å². The van der Waals surface area contributed by atoms with Crippen molar-refractivity contribution in [2.75, 3.05) is 23.5 Å². The molecule has 2 aromatic carbocycles. The van der Waals surface area contributed by atoms with Crippen LogP contribution >= 0.6 is 11.6 Å². The maximum Gasteiger partial charge on any atom is 0.337 e. The number of nitrogens with zero attached hydrogens (tertiary/aromatic N) is 1. The van der Waals surface area contributed by atoms with Gasteiger partial charge in [0.1, 0.15) is 11.6 Å². The maximum atomic E-state index is 12.2. The van der Waals surface area contributed by atoms with Gasteiger partial charge in [0, 0.05) is 17.6 Å². The predicted octanol–water partition coefficient (Wildman–Crippen LogP) is 3.17. The molecular weight excluding hydrogens is 356 g/mol. The van der Waals surface area contributed by atoms with Crippen molar-refractivity contribution < 1.29 is 14.3 Å². The molecule has 1 amide bonds. The topological polar surface area (TPSA) is 117 Å². The lowest BCUT2D eigenvalue weighted by Gasteiger charge is -2.08. The van der Waals surface area contributed by atoms with Gasteiger partial charge < -0.3 is 21.1 Å². The molecular formula is C18H15ClN4O3. The normalized spacial score (nSPS) is 10.6. The molecule has 132 valence electrons. The van der Waals surface area contributed by atoms with Gasteiger partial charge in [0.2, 0.25) is 0 Å². The number of benzene rings is 2. The minimum atomic E-state index is -0.627. The summed E-state index contributed by atoms with van der Waals surface area (Å²) in [5, 5.41) is 14.8. The molecule has 0 aliphatic rings. The molecule has 7 nitrogen and oxygen atoms in total. The molecule has 0 saturated carbocycles. The van der Waals surface area contributed by atoms with Crippen molar-refractivity contribution in [3.63, 3.8) is 0 Å². The second kappa shape index (κ2) is 8.55. The van der Waals surface area contributed by atoms with Gasteiger partial charge in [-0.25, -0.2) is 4.79 Å². The number of esters is 1. The monoisotopic (exact) mass is 370 g/mol. The van der Waals surface area contributed by atoms with Gasteiger partial charge in [-0.05, 0) is 42.5 Å². The molecule has 0 aliphatic carbocycles. The summed E-state index contributed by atoms with van der Waals surface area (Å²) < 4.78 is 4.61. The Bertz CT molecular complexity index is 902. The Morgan fingerprint density at radius 2 is 1.92 bits per heavy atom. The van der Waals surface area contributed by atoms with Crippen molar-refractivity contribution in [3.05, 3.63) is 64.8 Å². The van der Waals surface area contributed by atoms with Crippen LogP contribution in [0.15, 0.2) is 54.2 Å². The third-order valence-corrected chi connectivity index (χ3v) is 3.61. The third-order valence-electron chi connectivity index (χ3n) is 3.30. The second-order valence-electron chi connectivity index (χ2n) is 5.08. The van der Waals surface area contributed by atoms with Gasteiger partial charge in [-0.15, -0.1) is 0 Å². The average molecular weight is 371 g/mol. The van der Waals surface area contributed by atoms with E-state index in [-0.39, 0.29) is 10.6 Å². The maximum absolute atomic E-state index is 12.2. The van der Waals surface area contributed by atoms with Crippen molar-refractivity contribution >= 4 is 40.5 Å². The summed E-state index contributed by atoms with van der Waals surface area (Å²) in [6.45, 7) is 0. The van der Waals surface area contributed by atoms with E-state index in [0.717, 1.165) is 0 Å². The number of methoxy groups -OCH3 is 1. The van der Waals surface area contributed by atoms with Crippen LogP contribution in [0.4, 0.5) is 17.1 Å². The molecule has 0 atom stereocenters. The summed E-state index contributed by atoms with van der Waals surface area (Å²) in [6, 6.07) is 12.8. The van der Waals surface area contributed by atoms with Crippen molar-refractivity contribution in [2.45, 2.75) is 0 Å². The minimum Gasteiger partial charge on any atom is -0.465 e. The first-order chi connectivity index (χ1) is 12.4. The fourth-order valence-corrected chi connectivity index (χ4v) is 2.18. The zero-order valence-electron chi connectivity index (χ0n) is 13.7. The van der Waals surface area contributed by atoms with Gasteiger partial charge >= 0.3 is 5.97 Å². The Morgan fingerprint density at radius 1 is 1.23 bits per heavy atom. The number of carbonyl (C=O) groups excluding carboxylic acids is 2. The summed E-state index contributed by atoms with van der Waals surface area (Å²) >= 11 is 6.00. The molecule has 0 radical (unpaired) electrons. The summed E-state index contributed by atoms with van der Waals surface area (Å²) in [6.07, 6.45) is 1.26. The number of anilines is 3. The highest BCUT2D eigenvalue weighted by molar-refractivity contribution is 6.34. The number of hydrogen-bond donors (Lipinski definition) is 3. The van der Waals surface area contributed by atoms with E-state index in [1.807, 2.05) is 0 Å². The van der Waals surface area contributed by atoms with Crippen LogP contribution in [0, 0.1) is 11.3 Å². The lowest BCUT2D eigenvalue weighted by molar-refractivity contribution is -0.112. The second-order valence-corrected chi connectivity index (χ2v) is 5.48. The molecule has 4 N–H and O–H groups in total. The number of nitrogen functional groups attached to an aromatic ring is 1. The molecule has 0 saturated heterocycles. The van der Waals surface area contributed by atoms with E-state index in [1.54, 1.807) is 42.5 Å². The van der Waals surface area contributed by atoms with E-state index in [9.17, 15) is 14.9 Å². The lowest BCUT2D eigenvalue weighted by atomic mass is 10.2. The average Bonchev–Trinajstić information content (AvgIpc) is 2.64. The molecule has 0 bridgehead atoms. The number of hydrogen-bond acceptors (Lipinski definition) is 6. The van der Waals surface area contributed by atoms with Crippen molar-refractivity contribution in [1.29, 1.82) is 5.26 Å². The number of nitriles is 1. The number of rotatable bonds is 5. The molecule has 0 spiro atoms. The fourth-order valence-electron chi connectivity index (χ4n) is 1.95. The number of ether oxygens (including phenoxy) is 1. The zero-order chi connectivity index (χ0) is 19.1. The molecule has 0 fully saturated rings. The highest BCUT2D eigenvalue weighted by Crippen LogP contribution is 2.24. The van der Waals surface area contributed by atoms with Crippen molar-refractivity contribution in [2.24, 2.45) is 0 Å². The minimum absolute atomic E-state index is 0.157. The van der Waals surface area contributed by atoms with Crippen molar-refractivity contribution in [1.82, 2.24) is 0 Å². The first kappa shape index (κ1) is 18.8. The summed E-state index contributed by atoms with van der Waals surface area (Å²) in [5.41, 5.74) is 7.21. The van der Waals surface area contributed by atoms with Gasteiger partial charge in [-0.1, -0.05) is 11.6 Å². The number of amides is 1. The SMILES string of the molecule is COC(=O)c1ccc(N/C=C(/C#N)C(=O)Nc2ccc(N)cc2Cl)cc1. The largest absolute Gasteiger partial charge is 0.465 e. The number of nitrogens with two attached hydrogens (primary N) is 1. The quantitative estimate of drug-likeness (QED) is 0.322. The molecule has 0 unspecified atom stereocenters. The molecule has 8 heteroatoms. The van der Waals surface area contributed by atoms with Crippen LogP contribution < -0.4 is 16.4 Å². The molecule has 26 heavy (non-hydrogen) atoms. The number of carbonyl (C=O) groups is 2. The van der Waals surface area contributed by atoms with Gasteiger partial charge in [-0.2, -0.15) is 5.26 Å². The van der Waals surface area contributed by atoms with Gasteiger partial charge in [0.05, 0.1) is 23.4 Å². The highest BCUT2D eigenvalue weighted by atomic mass is 35.5. The summed E-state index contributed by atoms with van der Waals surface area (Å²) in [4.78, 5) is 23.6. The van der Waals surface area contributed by atoms with Crippen molar-refractivity contribution in [3.8, 4) is 6.07 Å². The Labute approximate surface area is 155 Å². The molecule has 2 aromatic rings. The van der Waals surface area contributed by atoms with Gasteiger partial charge in [0.15, 0.2) is 0 Å². The summed E-state index contributed by atoms with van der Waals surface area (Å²) in [7, 11) is 1.29. The number of nitrogens with one attached hydrogen (secondary N) is 2. The summed E-state index contributed by atoms with van der Waals surface area (Å²) in [5.74, 6) is -1.08. The Hall–Kier alpha value is -3.50. The van der Waals surface area contributed by atoms with Gasteiger partial charge in [0.25, 0.3) is 5.91 Å². The Morgan fingerprint density at radius 3 is 2.50 bits per heavy atom. The molecule has 0 aliphatic heterocycles. The van der Waals surface area contributed by atoms with E-state index in [2.05, 4.69) is 15.4 Å². The van der Waals surface area contributed by atoms with Gasteiger partial charge in [-0.3, -0.25) is 4.79 Å². The van der Waals surface area contributed by atoms with Crippen LogP contribution in [0.3, 0.4) is 0 Å². The predicted molar refractivity (Wildman–Crippen MR) is 99.6 cm³/mol. The van der Waals surface area contributed by atoms with E-state index in [4.69, 9.17) is 17.3 Å². The van der Waals surface area contributed by atoms with Crippen LogP contribution in [0.1, 0.15) is 10.4 Å². The van der Waals surface area contributed by atoms with E-state index in [0.29, 0.717) is 22.6 Å². The third kappa shape index (κ3) is 4.75. The molecule has 0 aromatic heterocycles. The van der Waals surface area contributed by atoms with E-state index >= 15 is 0 Å². The van der Waals surface area contributed by atoms with Crippen LogP contribution in [0.2, 0.25) is 5.02 Å². The first-order valence-corrected chi connectivity index (χ1v) is 7.74. The fraction of sp³-hybridized carbons (Fsp3) is 0.0556. The van der Waals surface area contributed by atoms with E-state index < -0.39 is 11.9 Å². The zero-order valence-corrected chi connectivity index (χ0v) is 14.5. The lowest BCUT2D eigenvalue weighted by Crippen LogP contribution is -2.15. The smallest absolute Gasteiger partial charge is 0.337 e. The standard InChI is InChI=1S/C18H15ClN4O3/c1-26-18(25)11-2-5-14(6-3-11)22-10-12(9-20)17(24)23-16-7-4-13(21)8-15(16)19/h2-8,10,22H,21H2,1H3,(H,23,24)/b12-10-. The highest BCUT2D eigenvalue weighted by Gasteiger charge is 2.11. The number of halogens is 1. The van der Waals surface area contributed by atoms with E-state index in [1.165, 1.54) is 19.4 Å². The molecule has 2 rings (SSSR count). The Kier molecular flexibility index (Phi) is 6.20. The Balaban J connectivity index is 2.08. The molecule has 0 heterocycles.